The van der Waals surface area contributed by atoms with Crippen molar-refractivity contribution in [3.8, 4) is 11.3 Å². The smallest absolute Gasteiger partial charge is 0.253 e. The molecule has 3 nitrogen and oxygen atoms in total. The van der Waals surface area contributed by atoms with Crippen LogP contribution in [0.5, 0.6) is 0 Å². The predicted octanol–water partition coefficient (Wildman–Crippen LogP) is 4.17. The molecule has 2 aromatic carbocycles. The monoisotopic (exact) mass is 334 g/mol. The van der Waals surface area contributed by atoms with Crippen molar-refractivity contribution in [3.63, 3.8) is 0 Å². The lowest BCUT2D eigenvalue weighted by molar-refractivity contribution is 0.0953. The second kappa shape index (κ2) is 7.71. The Labute approximate surface area is 146 Å². The van der Waals surface area contributed by atoms with Crippen LogP contribution in [0.3, 0.4) is 0 Å². The quantitative estimate of drug-likeness (QED) is 0.761. The van der Waals surface area contributed by atoms with E-state index in [1.54, 1.807) is 12.1 Å². The van der Waals surface area contributed by atoms with Gasteiger partial charge >= 0.3 is 0 Å². The van der Waals surface area contributed by atoms with Crippen molar-refractivity contribution in [2.45, 2.75) is 13.3 Å². The Kier molecular flexibility index (Phi) is 5.19. The summed E-state index contributed by atoms with van der Waals surface area (Å²) in [6.07, 6.45) is 0.581. The molecule has 1 N–H and O–H groups in total. The van der Waals surface area contributed by atoms with Gasteiger partial charge in [-0.3, -0.25) is 9.78 Å². The van der Waals surface area contributed by atoms with E-state index in [1.165, 1.54) is 12.1 Å². The summed E-state index contributed by atoms with van der Waals surface area (Å²) >= 11 is 0. The SMILES string of the molecule is Cc1nc(-c2ccccc2)ccc1C(=O)NCCc1cccc(F)c1. The number of halogens is 1. The van der Waals surface area contributed by atoms with Crippen LogP contribution in [0.2, 0.25) is 0 Å². The van der Waals surface area contributed by atoms with E-state index in [0.717, 1.165) is 16.8 Å². The number of nitrogens with one attached hydrogen (secondary N) is 1. The van der Waals surface area contributed by atoms with Gasteiger partial charge in [-0.05, 0) is 43.2 Å². The molecular weight excluding hydrogens is 315 g/mol. The number of aromatic nitrogens is 1. The van der Waals surface area contributed by atoms with Crippen molar-refractivity contribution < 1.29 is 9.18 Å². The predicted molar refractivity (Wildman–Crippen MR) is 96.8 cm³/mol. The van der Waals surface area contributed by atoms with Crippen molar-refractivity contribution in [2.24, 2.45) is 0 Å². The Bertz CT molecular complexity index is 878. The van der Waals surface area contributed by atoms with Gasteiger partial charge < -0.3 is 5.32 Å². The molecule has 0 fully saturated rings. The summed E-state index contributed by atoms with van der Waals surface area (Å²) in [6, 6.07) is 19.9. The van der Waals surface area contributed by atoms with E-state index >= 15 is 0 Å². The fraction of sp³-hybridized carbons (Fsp3) is 0.143. The lowest BCUT2D eigenvalue weighted by Crippen LogP contribution is -2.26. The number of carbonyl (C=O) groups excluding carboxylic acids is 1. The van der Waals surface area contributed by atoms with Crippen molar-refractivity contribution >= 4 is 5.91 Å². The molecule has 0 aliphatic rings. The van der Waals surface area contributed by atoms with Crippen LogP contribution in [-0.4, -0.2) is 17.4 Å². The standard InChI is InChI=1S/C21H19FN2O/c1-15-19(10-11-20(24-15)17-7-3-2-4-8-17)21(25)23-13-12-16-6-5-9-18(22)14-16/h2-11,14H,12-13H2,1H3,(H,23,25). The summed E-state index contributed by atoms with van der Waals surface area (Å²) in [5.74, 6) is -0.429. The zero-order valence-corrected chi connectivity index (χ0v) is 14.0. The first-order chi connectivity index (χ1) is 12.1. The maximum absolute atomic E-state index is 13.2. The van der Waals surface area contributed by atoms with Crippen LogP contribution in [-0.2, 0) is 6.42 Å². The van der Waals surface area contributed by atoms with E-state index < -0.39 is 0 Å². The molecule has 4 heteroatoms. The molecule has 0 atom stereocenters. The summed E-state index contributed by atoms with van der Waals surface area (Å²) in [7, 11) is 0. The van der Waals surface area contributed by atoms with Gasteiger partial charge in [0.05, 0.1) is 17.0 Å². The van der Waals surface area contributed by atoms with Gasteiger partial charge in [0.1, 0.15) is 5.82 Å². The van der Waals surface area contributed by atoms with Crippen LogP contribution in [0.1, 0.15) is 21.6 Å². The Morgan fingerprint density at radius 3 is 2.56 bits per heavy atom. The maximum Gasteiger partial charge on any atom is 0.253 e. The molecule has 1 amide bonds. The van der Waals surface area contributed by atoms with Crippen LogP contribution in [0.4, 0.5) is 4.39 Å². The summed E-state index contributed by atoms with van der Waals surface area (Å²) in [6.45, 7) is 2.27. The zero-order valence-electron chi connectivity index (χ0n) is 14.0. The highest BCUT2D eigenvalue weighted by atomic mass is 19.1. The molecule has 3 rings (SSSR count). The molecule has 0 aliphatic heterocycles. The summed E-state index contributed by atoms with van der Waals surface area (Å²) in [4.78, 5) is 16.9. The molecule has 126 valence electrons. The Morgan fingerprint density at radius 2 is 1.84 bits per heavy atom. The number of carbonyl (C=O) groups is 1. The van der Waals surface area contributed by atoms with E-state index in [0.29, 0.717) is 24.2 Å². The summed E-state index contributed by atoms with van der Waals surface area (Å²) in [5.41, 5.74) is 3.95. The number of amides is 1. The Morgan fingerprint density at radius 1 is 1.04 bits per heavy atom. The highest BCUT2D eigenvalue weighted by Gasteiger charge is 2.11. The third kappa shape index (κ3) is 4.29. The summed E-state index contributed by atoms with van der Waals surface area (Å²) < 4.78 is 13.2. The van der Waals surface area contributed by atoms with Crippen LogP contribution in [0.25, 0.3) is 11.3 Å². The van der Waals surface area contributed by atoms with Crippen LogP contribution >= 0.6 is 0 Å². The first-order valence-corrected chi connectivity index (χ1v) is 8.19. The minimum atomic E-state index is -0.264. The lowest BCUT2D eigenvalue weighted by Gasteiger charge is -2.09. The average molecular weight is 334 g/mol. The highest BCUT2D eigenvalue weighted by Crippen LogP contribution is 2.18. The molecule has 25 heavy (non-hydrogen) atoms. The van der Waals surface area contributed by atoms with Crippen molar-refractivity contribution in [1.82, 2.24) is 10.3 Å². The van der Waals surface area contributed by atoms with Gasteiger partial charge in [0.2, 0.25) is 0 Å². The van der Waals surface area contributed by atoms with Crippen molar-refractivity contribution in [2.75, 3.05) is 6.54 Å². The summed E-state index contributed by atoms with van der Waals surface area (Å²) in [5, 5.41) is 2.87. The largest absolute Gasteiger partial charge is 0.352 e. The van der Waals surface area contributed by atoms with Crippen LogP contribution in [0.15, 0.2) is 66.7 Å². The minimum Gasteiger partial charge on any atom is -0.352 e. The number of pyridine rings is 1. The Hall–Kier alpha value is -3.01. The van der Waals surface area contributed by atoms with E-state index in [2.05, 4.69) is 10.3 Å². The molecule has 0 spiro atoms. The topological polar surface area (TPSA) is 42.0 Å². The number of rotatable bonds is 5. The molecule has 1 aromatic heterocycles. The number of nitrogens with zero attached hydrogens (tertiary/aromatic N) is 1. The molecule has 0 radical (unpaired) electrons. The van der Waals surface area contributed by atoms with Crippen LogP contribution < -0.4 is 5.32 Å². The number of aryl methyl sites for hydroxylation is 1. The molecular formula is C21H19FN2O. The van der Waals surface area contributed by atoms with Gasteiger partial charge in [-0.2, -0.15) is 0 Å². The third-order valence-electron chi connectivity index (χ3n) is 3.99. The van der Waals surface area contributed by atoms with Gasteiger partial charge in [0.15, 0.2) is 0 Å². The van der Waals surface area contributed by atoms with E-state index in [-0.39, 0.29) is 11.7 Å². The molecule has 0 aliphatic carbocycles. The highest BCUT2D eigenvalue weighted by molar-refractivity contribution is 5.95. The second-order valence-electron chi connectivity index (χ2n) is 5.83. The first kappa shape index (κ1) is 16.8. The van der Waals surface area contributed by atoms with Crippen molar-refractivity contribution in [3.05, 3.63) is 89.4 Å². The molecule has 3 aromatic rings. The average Bonchev–Trinajstić information content (AvgIpc) is 2.62. The maximum atomic E-state index is 13.2. The fourth-order valence-electron chi connectivity index (χ4n) is 2.68. The molecule has 0 unspecified atom stereocenters. The van der Waals surface area contributed by atoms with Gasteiger partial charge in [-0.15, -0.1) is 0 Å². The number of benzene rings is 2. The zero-order chi connectivity index (χ0) is 17.6. The number of hydrogen-bond acceptors (Lipinski definition) is 2. The van der Waals surface area contributed by atoms with Crippen LogP contribution in [0, 0.1) is 12.7 Å². The van der Waals surface area contributed by atoms with E-state index in [4.69, 9.17) is 0 Å². The third-order valence-corrected chi connectivity index (χ3v) is 3.99. The van der Waals surface area contributed by atoms with Gasteiger partial charge in [-0.1, -0.05) is 42.5 Å². The number of hydrogen-bond donors (Lipinski definition) is 1. The van der Waals surface area contributed by atoms with Gasteiger partial charge in [0, 0.05) is 12.1 Å². The Balaban J connectivity index is 1.64. The molecule has 0 saturated heterocycles. The fourth-order valence-corrected chi connectivity index (χ4v) is 2.68. The molecule has 1 heterocycles. The van der Waals surface area contributed by atoms with E-state index in [1.807, 2.05) is 49.4 Å². The van der Waals surface area contributed by atoms with Crippen molar-refractivity contribution in [1.29, 1.82) is 0 Å². The molecule has 0 saturated carbocycles. The second-order valence-corrected chi connectivity index (χ2v) is 5.83. The molecule has 0 bridgehead atoms. The van der Waals surface area contributed by atoms with Gasteiger partial charge in [0.25, 0.3) is 5.91 Å². The van der Waals surface area contributed by atoms with Gasteiger partial charge in [-0.25, -0.2) is 4.39 Å². The van der Waals surface area contributed by atoms with E-state index in [9.17, 15) is 9.18 Å². The minimum absolute atomic E-state index is 0.166. The normalized spacial score (nSPS) is 10.5. The first-order valence-electron chi connectivity index (χ1n) is 8.19. The lowest BCUT2D eigenvalue weighted by atomic mass is 10.1.